The molecule has 0 bridgehead atoms. The topological polar surface area (TPSA) is 129 Å². The predicted molar refractivity (Wildman–Crippen MR) is 56.4 cm³/mol. The molecule has 7 nitrogen and oxygen atoms in total. The zero-order chi connectivity index (χ0) is 12.7. The summed E-state index contributed by atoms with van der Waals surface area (Å²) in [5.74, 6) is -1.28. The van der Waals surface area contributed by atoms with Crippen molar-refractivity contribution in [1.29, 1.82) is 0 Å². The molecule has 0 radical (unpaired) electrons. The average Bonchev–Trinajstić information content (AvgIpc) is 2.45. The van der Waals surface area contributed by atoms with E-state index >= 15 is 0 Å². The number of primary amides is 1. The zero-order valence-electron chi connectivity index (χ0n) is 9.00. The van der Waals surface area contributed by atoms with Gasteiger partial charge in [-0.15, -0.1) is 0 Å². The van der Waals surface area contributed by atoms with Gasteiger partial charge in [0.15, 0.2) is 11.8 Å². The predicted octanol–water partition coefficient (Wildman–Crippen LogP) is -1.80. The summed E-state index contributed by atoms with van der Waals surface area (Å²) in [6, 6.07) is 0. The normalized spacial score (nSPS) is 23.4. The highest BCUT2D eigenvalue weighted by molar-refractivity contribution is 5.74. The van der Waals surface area contributed by atoms with E-state index in [4.69, 9.17) is 5.73 Å². The Morgan fingerprint density at radius 3 is 1.94 bits per heavy atom. The molecule has 2 rings (SSSR count). The van der Waals surface area contributed by atoms with Crippen LogP contribution in [0.3, 0.4) is 0 Å². The lowest BCUT2D eigenvalue weighted by molar-refractivity contribution is -0.118. The maximum Gasteiger partial charge on any atom is 0.237 e. The van der Waals surface area contributed by atoms with Gasteiger partial charge in [-0.25, -0.2) is 0 Å². The van der Waals surface area contributed by atoms with E-state index in [2.05, 4.69) is 0 Å². The summed E-state index contributed by atoms with van der Waals surface area (Å²) in [4.78, 5) is 10.8. The van der Waals surface area contributed by atoms with Crippen LogP contribution in [0.5, 0.6) is 11.8 Å². The van der Waals surface area contributed by atoms with Gasteiger partial charge in [-0.2, -0.15) is 0 Å². The van der Waals surface area contributed by atoms with Gasteiger partial charge in [0.1, 0.15) is 6.54 Å². The number of aromatic hydroxyl groups is 2. The van der Waals surface area contributed by atoms with Crippen LogP contribution in [0, 0.1) is 0 Å². The van der Waals surface area contributed by atoms with Gasteiger partial charge < -0.3 is 26.2 Å². The Bertz CT molecular complexity index is 434. The lowest BCUT2D eigenvalue weighted by Crippen LogP contribution is -2.33. The molecule has 0 saturated heterocycles. The number of hydrogen-bond acceptors (Lipinski definition) is 5. The number of aliphatic hydroxyl groups excluding tert-OH is 2. The van der Waals surface area contributed by atoms with Crippen LogP contribution in [-0.2, 0) is 24.2 Å². The van der Waals surface area contributed by atoms with Crippen molar-refractivity contribution in [3.63, 3.8) is 0 Å². The fourth-order valence-corrected chi connectivity index (χ4v) is 2.12. The molecule has 94 valence electrons. The van der Waals surface area contributed by atoms with Crippen molar-refractivity contribution in [3.8, 4) is 11.8 Å². The fourth-order valence-electron chi connectivity index (χ4n) is 2.12. The molecule has 0 aromatic carbocycles. The van der Waals surface area contributed by atoms with Crippen LogP contribution < -0.4 is 5.73 Å². The first kappa shape index (κ1) is 11.7. The molecule has 0 aliphatic heterocycles. The van der Waals surface area contributed by atoms with Crippen LogP contribution in [0.1, 0.15) is 11.1 Å². The number of nitrogens with zero attached hydrogens (tertiary/aromatic N) is 1. The highest BCUT2D eigenvalue weighted by Gasteiger charge is 2.33. The first-order chi connectivity index (χ1) is 7.91. The number of aliphatic hydroxyl groups is 2. The maximum absolute atomic E-state index is 10.8. The minimum absolute atomic E-state index is 0.0294. The Kier molecular flexibility index (Phi) is 2.72. The Morgan fingerprint density at radius 2 is 1.59 bits per heavy atom. The van der Waals surface area contributed by atoms with Crippen molar-refractivity contribution < 1.29 is 25.2 Å². The second-order valence-electron chi connectivity index (χ2n) is 4.20. The van der Waals surface area contributed by atoms with Crippen molar-refractivity contribution in [3.05, 3.63) is 11.1 Å². The van der Waals surface area contributed by atoms with Crippen LogP contribution >= 0.6 is 0 Å². The first-order valence-electron chi connectivity index (χ1n) is 5.18. The van der Waals surface area contributed by atoms with E-state index in [9.17, 15) is 25.2 Å². The molecular weight excluding hydrogens is 228 g/mol. The molecule has 1 aromatic heterocycles. The summed E-state index contributed by atoms with van der Waals surface area (Å²) < 4.78 is 0.970. The summed E-state index contributed by atoms with van der Waals surface area (Å²) in [7, 11) is 0. The van der Waals surface area contributed by atoms with Gasteiger partial charge in [0.05, 0.1) is 12.2 Å². The van der Waals surface area contributed by atoms with Crippen LogP contribution in [0.15, 0.2) is 0 Å². The van der Waals surface area contributed by atoms with Gasteiger partial charge in [-0.1, -0.05) is 0 Å². The van der Waals surface area contributed by atoms with E-state index in [-0.39, 0.29) is 31.1 Å². The smallest absolute Gasteiger partial charge is 0.237 e. The molecule has 7 heteroatoms. The number of amides is 1. The SMILES string of the molecule is NC(=O)Cn1c(O)c2c(c1O)CC(O)C(O)C2. The van der Waals surface area contributed by atoms with Gasteiger partial charge in [-0.3, -0.25) is 9.36 Å². The van der Waals surface area contributed by atoms with Crippen molar-refractivity contribution in [2.24, 2.45) is 5.73 Å². The number of fused-ring (bicyclic) bond motifs is 1. The van der Waals surface area contributed by atoms with E-state index in [0.29, 0.717) is 11.1 Å². The number of rotatable bonds is 2. The molecule has 0 fully saturated rings. The van der Waals surface area contributed by atoms with E-state index in [1.165, 1.54) is 0 Å². The summed E-state index contributed by atoms with van der Waals surface area (Å²) in [6.45, 7) is -0.350. The van der Waals surface area contributed by atoms with E-state index in [0.717, 1.165) is 4.57 Å². The maximum atomic E-state index is 10.8. The highest BCUT2D eigenvalue weighted by atomic mass is 16.3. The summed E-state index contributed by atoms with van der Waals surface area (Å²) in [5.41, 5.74) is 5.69. The third kappa shape index (κ3) is 1.83. The van der Waals surface area contributed by atoms with Crippen LogP contribution in [-0.4, -0.2) is 43.1 Å². The lowest BCUT2D eigenvalue weighted by atomic mass is 9.90. The molecule has 2 unspecified atom stereocenters. The third-order valence-corrected chi connectivity index (χ3v) is 3.00. The third-order valence-electron chi connectivity index (χ3n) is 3.00. The molecule has 2 atom stereocenters. The van der Waals surface area contributed by atoms with Gasteiger partial charge >= 0.3 is 0 Å². The molecule has 1 aromatic rings. The average molecular weight is 242 g/mol. The standard InChI is InChI=1S/C10H14N2O5/c11-8(15)3-12-9(16)4-1-6(13)7(14)2-5(4)10(12)17/h6-7,13-14,16-17H,1-3H2,(H2,11,15). The lowest BCUT2D eigenvalue weighted by Gasteiger charge is -2.23. The number of nitrogens with two attached hydrogens (primary N) is 1. The molecule has 1 aliphatic carbocycles. The molecule has 1 amide bonds. The van der Waals surface area contributed by atoms with Crippen molar-refractivity contribution in [2.45, 2.75) is 31.6 Å². The Labute approximate surface area is 96.7 Å². The van der Waals surface area contributed by atoms with Gasteiger partial charge in [-0.05, 0) is 0 Å². The largest absolute Gasteiger partial charge is 0.494 e. The molecule has 17 heavy (non-hydrogen) atoms. The number of hydrogen-bond donors (Lipinski definition) is 5. The minimum atomic E-state index is -0.989. The molecule has 6 N–H and O–H groups in total. The molecule has 1 aliphatic rings. The van der Waals surface area contributed by atoms with Crippen molar-refractivity contribution in [2.75, 3.05) is 0 Å². The fraction of sp³-hybridized carbons (Fsp3) is 0.500. The monoisotopic (exact) mass is 242 g/mol. The Morgan fingerprint density at radius 1 is 1.18 bits per heavy atom. The molecule has 0 spiro atoms. The van der Waals surface area contributed by atoms with Crippen LogP contribution in [0.4, 0.5) is 0 Å². The van der Waals surface area contributed by atoms with Crippen molar-refractivity contribution >= 4 is 5.91 Å². The summed E-state index contributed by atoms with van der Waals surface area (Å²) in [5, 5.41) is 38.6. The van der Waals surface area contributed by atoms with E-state index in [1.54, 1.807) is 0 Å². The number of aromatic nitrogens is 1. The van der Waals surface area contributed by atoms with Gasteiger partial charge in [0, 0.05) is 24.0 Å². The minimum Gasteiger partial charge on any atom is -0.494 e. The second kappa shape index (κ2) is 3.94. The highest BCUT2D eigenvalue weighted by Crippen LogP contribution is 2.38. The van der Waals surface area contributed by atoms with E-state index in [1.807, 2.05) is 0 Å². The first-order valence-corrected chi connectivity index (χ1v) is 5.18. The molecule has 1 heterocycles. The van der Waals surface area contributed by atoms with Gasteiger partial charge in [0.2, 0.25) is 5.91 Å². The quantitative estimate of drug-likeness (QED) is 0.418. The van der Waals surface area contributed by atoms with E-state index < -0.39 is 18.1 Å². The van der Waals surface area contributed by atoms with Gasteiger partial charge in [0.25, 0.3) is 0 Å². The zero-order valence-corrected chi connectivity index (χ0v) is 9.00. The Hall–Kier alpha value is -1.73. The van der Waals surface area contributed by atoms with Crippen molar-refractivity contribution in [1.82, 2.24) is 4.57 Å². The van der Waals surface area contributed by atoms with Crippen LogP contribution in [0.2, 0.25) is 0 Å². The summed E-state index contributed by atoms with van der Waals surface area (Å²) >= 11 is 0. The summed E-state index contributed by atoms with van der Waals surface area (Å²) in [6.07, 6.45) is -1.92. The molecule has 0 saturated carbocycles. The second-order valence-corrected chi connectivity index (χ2v) is 4.20. The van der Waals surface area contributed by atoms with Crippen LogP contribution in [0.25, 0.3) is 0 Å². The number of carbonyl (C=O) groups excluding carboxylic acids is 1. The Balaban J connectivity index is 2.46. The molecular formula is C10H14N2O5. The number of carbonyl (C=O) groups is 1.